The smallest absolute Gasteiger partial charge is 0.270 e. The van der Waals surface area contributed by atoms with Crippen LogP contribution in [0.5, 0.6) is 0 Å². The molecule has 2 aromatic heterocycles. The Hall–Kier alpha value is -2.96. The number of nitro groups is 1. The van der Waals surface area contributed by atoms with Crippen LogP contribution in [0.25, 0.3) is 10.9 Å². The van der Waals surface area contributed by atoms with Crippen LogP contribution in [-0.2, 0) is 6.54 Å². The largest absolute Gasteiger partial charge is 0.364 e. The highest BCUT2D eigenvalue weighted by molar-refractivity contribution is 5.82. The number of anilines is 1. The molecule has 7 heteroatoms. The molecule has 100 valence electrons. The van der Waals surface area contributed by atoms with E-state index in [2.05, 4.69) is 20.5 Å². The maximum Gasteiger partial charge on any atom is 0.270 e. The number of pyridine rings is 1. The van der Waals surface area contributed by atoms with Gasteiger partial charge in [0.1, 0.15) is 5.82 Å². The van der Waals surface area contributed by atoms with E-state index < -0.39 is 4.92 Å². The summed E-state index contributed by atoms with van der Waals surface area (Å²) >= 11 is 0. The number of benzene rings is 1. The van der Waals surface area contributed by atoms with Crippen LogP contribution in [0.1, 0.15) is 5.69 Å². The summed E-state index contributed by atoms with van der Waals surface area (Å²) in [5.74, 6) is 0.709. The number of hydrogen-bond acceptors (Lipinski definition) is 5. The number of nitrogens with one attached hydrogen (secondary N) is 2. The Morgan fingerprint density at radius 3 is 2.90 bits per heavy atom. The first kappa shape index (κ1) is 12.1. The third kappa shape index (κ3) is 2.41. The van der Waals surface area contributed by atoms with Crippen LogP contribution in [0.2, 0.25) is 0 Å². The molecular formula is C13H11N5O2. The van der Waals surface area contributed by atoms with E-state index in [-0.39, 0.29) is 5.69 Å². The maximum absolute atomic E-state index is 10.7. The summed E-state index contributed by atoms with van der Waals surface area (Å²) in [6.07, 6.45) is 1.68. The van der Waals surface area contributed by atoms with E-state index in [1.807, 2.05) is 12.1 Å². The van der Waals surface area contributed by atoms with Gasteiger partial charge in [0.25, 0.3) is 5.69 Å². The van der Waals surface area contributed by atoms with E-state index in [4.69, 9.17) is 0 Å². The first-order valence-electron chi connectivity index (χ1n) is 6.00. The van der Waals surface area contributed by atoms with Crippen molar-refractivity contribution in [3.05, 3.63) is 58.4 Å². The van der Waals surface area contributed by atoms with Gasteiger partial charge in [-0.25, -0.2) is 4.98 Å². The van der Waals surface area contributed by atoms with Gasteiger partial charge in [0.2, 0.25) is 0 Å². The average molecular weight is 269 g/mol. The molecule has 2 N–H and O–H groups in total. The molecule has 1 aromatic carbocycles. The molecule has 0 radical (unpaired) electrons. The van der Waals surface area contributed by atoms with Crippen LogP contribution in [0.3, 0.4) is 0 Å². The van der Waals surface area contributed by atoms with Gasteiger partial charge in [0, 0.05) is 23.7 Å². The minimum atomic E-state index is -0.413. The van der Waals surface area contributed by atoms with Crippen LogP contribution in [0.4, 0.5) is 11.5 Å². The number of non-ortho nitro benzene ring substituents is 1. The minimum absolute atomic E-state index is 0.0671. The Balaban J connectivity index is 1.83. The van der Waals surface area contributed by atoms with Gasteiger partial charge in [-0.3, -0.25) is 15.2 Å². The van der Waals surface area contributed by atoms with E-state index in [9.17, 15) is 10.1 Å². The summed E-state index contributed by atoms with van der Waals surface area (Å²) in [4.78, 5) is 14.7. The second kappa shape index (κ2) is 4.96. The number of fused-ring (bicyclic) bond motifs is 1. The molecule has 20 heavy (non-hydrogen) atoms. The summed E-state index contributed by atoms with van der Waals surface area (Å²) in [5.41, 5.74) is 1.73. The number of hydrogen-bond donors (Lipinski definition) is 2. The molecule has 0 fully saturated rings. The van der Waals surface area contributed by atoms with Crippen LogP contribution < -0.4 is 5.32 Å². The summed E-state index contributed by atoms with van der Waals surface area (Å²) in [6.45, 7) is 0.589. The molecule has 3 rings (SSSR count). The van der Waals surface area contributed by atoms with Crippen molar-refractivity contribution in [1.29, 1.82) is 0 Å². The molecule has 0 saturated heterocycles. The Bertz CT molecular complexity index is 755. The first-order valence-corrected chi connectivity index (χ1v) is 6.00. The topological polar surface area (TPSA) is 96.7 Å². The van der Waals surface area contributed by atoms with Gasteiger partial charge in [-0.2, -0.15) is 5.10 Å². The number of H-pyrrole nitrogens is 1. The predicted octanol–water partition coefficient (Wildman–Crippen LogP) is 2.48. The molecule has 0 saturated carbocycles. The van der Waals surface area contributed by atoms with Crippen LogP contribution in [0, 0.1) is 10.1 Å². The lowest BCUT2D eigenvalue weighted by Crippen LogP contribution is -2.01. The highest BCUT2D eigenvalue weighted by Gasteiger charge is 2.07. The third-order valence-corrected chi connectivity index (χ3v) is 2.90. The second-order valence-electron chi connectivity index (χ2n) is 4.27. The van der Waals surface area contributed by atoms with Crippen molar-refractivity contribution in [3.63, 3.8) is 0 Å². The summed E-state index contributed by atoms with van der Waals surface area (Å²) in [5, 5.41) is 21.3. The Morgan fingerprint density at radius 1 is 1.25 bits per heavy atom. The molecule has 7 nitrogen and oxygen atoms in total. The number of nitro benzene ring substituents is 1. The fourth-order valence-corrected chi connectivity index (χ4v) is 1.89. The Kier molecular flexibility index (Phi) is 3.00. The van der Waals surface area contributed by atoms with E-state index in [1.165, 1.54) is 12.1 Å². The summed E-state index contributed by atoms with van der Waals surface area (Å²) in [7, 11) is 0. The van der Waals surface area contributed by atoms with Gasteiger partial charge in [-0.05, 0) is 24.3 Å². The van der Waals surface area contributed by atoms with Gasteiger partial charge in [-0.15, -0.1) is 0 Å². The molecule has 0 amide bonds. The molecule has 0 atom stereocenters. The van der Waals surface area contributed by atoms with Crippen molar-refractivity contribution < 1.29 is 4.92 Å². The molecule has 0 unspecified atom stereocenters. The van der Waals surface area contributed by atoms with Crippen molar-refractivity contribution in [2.24, 2.45) is 0 Å². The minimum Gasteiger partial charge on any atom is -0.364 e. The van der Waals surface area contributed by atoms with Crippen LogP contribution in [-0.4, -0.2) is 20.1 Å². The molecule has 0 spiro atoms. The highest BCUT2D eigenvalue weighted by Crippen LogP contribution is 2.21. The third-order valence-electron chi connectivity index (χ3n) is 2.90. The van der Waals surface area contributed by atoms with Gasteiger partial charge >= 0.3 is 0 Å². The average Bonchev–Trinajstić information content (AvgIpc) is 2.97. The van der Waals surface area contributed by atoms with Crippen LogP contribution >= 0.6 is 0 Å². The monoisotopic (exact) mass is 269 g/mol. The van der Waals surface area contributed by atoms with E-state index in [0.29, 0.717) is 17.9 Å². The SMILES string of the molecule is O=[N+]([O-])c1ccc2nc(NCc3ccn[nH]3)ccc2c1. The number of nitrogens with zero attached hydrogens (tertiary/aromatic N) is 3. The lowest BCUT2D eigenvalue weighted by Gasteiger charge is -2.05. The molecule has 0 aliphatic carbocycles. The van der Waals surface area contributed by atoms with E-state index in [1.54, 1.807) is 18.3 Å². The lowest BCUT2D eigenvalue weighted by atomic mass is 10.2. The van der Waals surface area contributed by atoms with Gasteiger partial charge in [0.05, 0.1) is 22.7 Å². The molecule has 2 heterocycles. The summed E-state index contributed by atoms with van der Waals surface area (Å²) in [6, 6.07) is 10.1. The highest BCUT2D eigenvalue weighted by atomic mass is 16.6. The number of aromatic amines is 1. The predicted molar refractivity (Wildman–Crippen MR) is 74.3 cm³/mol. The number of aromatic nitrogens is 3. The van der Waals surface area contributed by atoms with Crippen molar-refractivity contribution in [3.8, 4) is 0 Å². The van der Waals surface area contributed by atoms with Gasteiger partial charge in [0.15, 0.2) is 0 Å². The second-order valence-corrected chi connectivity index (χ2v) is 4.27. The van der Waals surface area contributed by atoms with E-state index >= 15 is 0 Å². The zero-order valence-corrected chi connectivity index (χ0v) is 10.4. The zero-order chi connectivity index (χ0) is 13.9. The van der Waals surface area contributed by atoms with Crippen molar-refractivity contribution in [2.75, 3.05) is 5.32 Å². The Labute approximate surface area is 113 Å². The van der Waals surface area contributed by atoms with Gasteiger partial charge < -0.3 is 5.32 Å². The van der Waals surface area contributed by atoms with Crippen molar-refractivity contribution in [2.45, 2.75) is 6.54 Å². The fourth-order valence-electron chi connectivity index (χ4n) is 1.89. The van der Waals surface area contributed by atoms with Gasteiger partial charge in [-0.1, -0.05) is 0 Å². The Morgan fingerprint density at radius 2 is 2.15 bits per heavy atom. The maximum atomic E-state index is 10.7. The van der Waals surface area contributed by atoms with E-state index in [0.717, 1.165) is 11.1 Å². The summed E-state index contributed by atoms with van der Waals surface area (Å²) < 4.78 is 0. The molecule has 0 bridgehead atoms. The number of rotatable bonds is 4. The first-order chi connectivity index (χ1) is 9.72. The molecule has 0 aliphatic rings. The fraction of sp³-hybridized carbons (Fsp3) is 0.0769. The normalized spacial score (nSPS) is 10.6. The molecular weight excluding hydrogens is 258 g/mol. The standard InChI is InChI=1S/C13H11N5O2/c19-18(20)11-2-3-12-9(7-11)1-4-13(16-12)14-8-10-5-6-15-17-10/h1-7H,8H2,(H,14,16)(H,15,17). The van der Waals surface area contributed by atoms with Crippen molar-refractivity contribution in [1.82, 2.24) is 15.2 Å². The van der Waals surface area contributed by atoms with Crippen LogP contribution in [0.15, 0.2) is 42.6 Å². The lowest BCUT2D eigenvalue weighted by molar-refractivity contribution is -0.384. The molecule has 0 aliphatic heterocycles. The zero-order valence-electron chi connectivity index (χ0n) is 10.4. The quantitative estimate of drug-likeness (QED) is 0.560. The van der Waals surface area contributed by atoms with Crippen molar-refractivity contribution >= 4 is 22.4 Å². The molecule has 3 aromatic rings.